The van der Waals surface area contributed by atoms with E-state index in [0.29, 0.717) is 25.2 Å². The van der Waals surface area contributed by atoms with Crippen LogP contribution in [-0.4, -0.2) is 64.4 Å². The van der Waals surface area contributed by atoms with Gasteiger partial charge in [-0.1, -0.05) is 0 Å². The summed E-state index contributed by atoms with van der Waals surface area (Å²) in [4.78, 5) is 42.2. The van der Waals surface area contributed by atoms with Gasteiger partial charge < -0.3 is 15.1 Å². The molecule has 4 heterocycles. The highest BCUT2D eigenvalue weighted by Gasteiger charge is 2.23. The van der Waals surface area contributed by atoms with Gasteiger partial charge in [0, 0.05) is 44.8 Å². The Kier molecular flexibility index (Phi) is 5.60. The van der Waals surface area contributed by atoms with Crippen molar-refractivity contribution in [3.05, 3.63) is 23.1 Å². The van der Waals surface area contributed by atoms with Crippen LogP contribution >= 0.6 is 0 Å². The molecule has 8 heteroatoms. The van der Waals surface area contributed by atoms with Crippen LogP contribution in [0, 0.1) is 13.8 Å². The zero-order valence-corrected chi connectivity index (χ0v) is 17.2. The lowest BCUT2D eigenvalue weighted by Gasteiger charge is -2.20. The fraction of sp³-hybridized carbons (Fsp3) is 0.571. The Bertz CT molecular complexity index is 938. The maximum absolute atomic E-state index is 12.7. The number of carbonyl (C=O) groups is 2. The van der Waals surface area contributed by atoms with Gasteiger partial charge in [-0.15, -0.1) is 0 Å². The molecule has 2 saturated heterocycles. The summed E-state index contributed by atoms with van der Waals surface area (Å²) in [6.07, 6.45) is 4.55. The number of hydrogen-bond acceptors (Lipinski definition) is 6. The molecular weight excluding hydrogens is 368 g/mol. The quantitative estimate of drug-likeness (QED) is 0.751. The molecule has 0 aliphatic carbocycles. The topological polar surface area (TPSA) is 91.3 Å². The third kappa shape index (κ3) is 4.16. The van der Waals surface area contributed by atoms with Crippen LogP contribution in [0.15, 0.2) is 6.07 Å². The van der Waals surface area contributed by atoms with Crippen molar-refractivity contribution >= 4 is 28.7 Å². The molecule has 2 aromatic heterocycles. The highest BCUT2D eigenvalue weighted by molar-refractivity contribution is 5.96. The largest absolute Gasteiger partial charge is 0.356 e. The Morgan fingerprint density at radius 3 is 2.62 bits per heavy atom. The van der Waals surface area contributed by atoms with Gasteiger partial charge >= 0.3 is 0 Å². The highest BCUT2D eigenvalue weighted by Crippen LogP contribution is 2.29. The molecule has 0 aromatic carbocycles. The summed E-state index contributed by atoms with van der Waals surface area (Å²) in [5, 5.41) is 3.83. The maximum atomic E-state index is 12.7. The molecule has 1 N–H and O–H groups in total. The van der Waals surface area contributed by atoms with Crippen molar-refractivity contribution in [2.24, 2.45) is 0 Å². The number of amides is 2. The zero-order chi connectivity index (χ0) is 20.4. The molecule has 2 amide bonds. The van der Waals surface area contributed by atoms with E-state index in [2.05, 4.69) is 25.2 Å². The Morgan fingerprint density at radius 2 is 1.90 bits per heavy atom. The molecule has 2 aromatic rings. The molecule has 2 aliphatic heterocycles. The van der Waals surface area contributed by atoms with Crippen molar-refractivity contribution in [3.63, 3.8) is 0 Å². The Morgan fingerprint density at radius 1 is 1.10 bits per heavy atom. The number of aryl methyl sites for hydroxylation is 2. The fourth-order valence-electron chi connectivity index (χ4n) is 4.21. The van der Waals surface area contributed by atoms with Gasteiger partial charge in [-0.05, 0) is 51.2 Å². The van der Waals surface area contributed by atoms with Crippen LogP contribution in [-0.2, 0) is 4.79 Å². The average Bonchev–Trinajstić information content (AvgIpc) is 3.36. The minimum Gasteiger partial charge on any atom is -0.356 e. The van der Waals surface area contributed by atoms with E-state index in [1.807, 2.05) is 24.8 Å². The first kappa shape index (κ1) is 19.5. The standard InChI is InChI=1S/C21H28N6O2/c1-14-13-15(2)23-18-17(14)20(27-9-3-4-10-27)25-19(24-18)21(29)22-8-6-12-26-11-5-7-16(26)28/h13H,3-12H2,1-2H3,(H,22,29). The van der Waals surface area contributed by atoms with Crippen molar-refractivity contribution in [2.45, 2.75) is 46.0 Å². The van der Waals surface area contributed by atoms with E-state index in [4.69, 9.17) is 0 Å². The van der Waals surface area contributed by atoms with Gasteiger partial charge in [0.05, 0.1) is 5.39 Å². The number of carbonyl (C=O) groups excluding carboxylic acids is 2. The van der Waals surface area contributed by atoms with Gasteiger partial charge in [0.1, 0.15) is 5.82 Å². The lowest BCUT2D eigenvalue weighted by atomic mass is 10.1. The van der Waals surface area contributed by atoms with Crippen LogP contribution in [0.4, 0.5) is 5.82 Å². The Labute approximate surface area is 170 Å². The second-order valence-corrected chi connectivity index (χ2v) is 7.94. The number of pyridine rings is 1. The monoisotopic (exact) mass is 396 g/mol. The normalized spacial score (nSPS) is 16.8. The first-order valence-electron chi connectivity index (χ1n) is 10.5. The molecule has 0 spiro atoms. The number of aromatic nitrogens is 3. The van der Waals surface area contributed by atoms with Gasteiger partial charge in [-0.25, -0.2) is 15.0 Å². The number of anilines is 1. The molecule has 2 aliphatic rings. The second-order valence-electron chi connectivity index (χ2n) is 7.94. The first-order chi connectivity index (χ1) is 14.0. The molecule has 154 valence electrons. The minimum atomic E-state index is -0.291. The molecule has 29 heavy (non-hydrogen) atoms. The smallest absolute Gasteiger partial charge is 0.289 e. The van der Waals surface area contributed by atoms with E-state index >= 15 is 0 Å². The van der Waals surface area contributed by atoms with Gasteiger partial charge in [0.25, 0.3) is 5.91 Å². The van der Waals surface area contributed by atoms with E-state index < -0.39 is 0 Å². The van der Waals surface area contributed by atoms with E-state index in [-0.39, 0.29) is 17.6 Å². The van der Waals surface area contributed by atoms with Crippen LogP contribution in [0.5, 0.6) is 0 Å². The lowest BCUT2D eigenvalue weighted by Crippen LogP contribution is -2.32. The number of hydrogen-bond donors (Lipinski definition) is 1. The van der Waals surface area contributed by atoms with Crippen molar-refractivity contribution in [3.8, 4) is 0 Å². The molecule has 0 radical (unpaired) electrons. The molecule has 8 nitrogen and oxygen atoms in total. The summed E-state index contributed by atoms with van der Waals surface area (Å²) >= 11 is 0. The number of rotatable bonds is 6. The van der Waals surface area contributed by atoms with Gasteiger partial charge in [0.2, 0.25) is 11.7 Å². The minimum absolute atomic E-state index is 0.161. The Hall–Kier alpha value is -2.77. The van der Waals surface area contributed by atoms with Gasteiger partial charge in [-0.3, -0.25) is 9.59 Å². The molecule has 4 rings (SSSR count). The van der Waals surface area contributed by atoms with Crippen LogP contribution in [0.2, 0.25) is 0 Å². The Balaban J connectivity index is 1.51. The van der Waals surface area contributed by atoms with E-state index in [1.54, 1.807) is 0 Å². The summed E-state index contributed by atoms with van der Waals surface area (Å²) in [6.45, 7) is 7.83. The molecular formula is C21H28N6O2. The van der Waals surface area contributed by atoms with Crippen LogP contribution in [0.25, 0.3) is 11.0 Å². The SMILES string of the molecule is Cc1cc(C)c2c(N3CCCC3)nc(C(=O)NCCCN3CCCC3=O)nc2n1. The van der Waals surface area contributed by atoms with Gasteiger partial charge in [0.15, 0.2) is 5.65 Å². The van der Waals surface area contributed by atoms with E-state index in [9.17, 15) is 9.59 Å². The summed E-state index contributed by atoms with van der Waals surface area (Å²) in [5.41, 5.74) is 2.53. The molecule has 0 saturated carbocycles. The van der Waals surface area contributed by atoms with Crippen LogP contribution in [0.3, 0.4) is 0 Å². The summed E-state index contributed by atoms with van der Waals surface area (Å²) < 4.78 is 0. The van der Waals surface area contributed by atoms with Crippen molar-refractivity contribution in [1.29, 1.82) is 0 Å². The van der Waals surface area contributed by atoms with E-state index in [0.717, 1.165) is 67.8 Å². The van der Waals surface area contributed by atoms with Crippen molar-refractivity contribution in [1.82, 2.24) is 25.2 Å². The molecule has 2 fully saturated rings. The number of fused-ring (bicyclic) bond motifs is 1. The predicted octanol–water partition coefficient (Wildman–Crippen LogP) is 1.98. The second kappa shape index (κ2) is 8.31. The number of nitrogens with zero attached hydrogens (tertiary/aromatic N) is 5. The third-order valence-corrected chi connectivity index (χ3v) is 5.64. The van der Waals surface area contributed by atoms with E-state index in [1.165, 1.54) is 0 Å². The molecule has 0 atom stereocenters. The molecule has 0 bridgehead atoms. The fourth-order valence-corrected chi connectivity index (χ4v) is 4.21. The highest BCUT2D eigenvalue weighted by atomic mass is 16.2. The predicted molar refractivity (Wildman–Crippen MR) is 111 cm³/mol. The van der Waals surface area contributed by atoms with Crippen molar-refractivity contribution < 1.29 is 9.59 Å². The first-order valence-corrected chi connectivity index (χ1v) is 10.5. The summed E-state index contributed by atoms with van der Waals surface area (Å²) in [7, 11) is 0. The maximum Gasteiger partial charge on any atom is 0.289 e. The number of likely N-dealkylation sites (tertiary alicyclic amines) is 1. The number of nitrogens with one attached hydrogen (secondary N) is 1. The van der Waals surface area contributed by atoms with Gasteiger partial charge in [-0.2, -0.15) is 0 Å². The summed E-state index contributed by atoms with van der Waals surface area (Å²) in [6, 6.07) is 2.03. The van der Waals surface area contributed by atoms with Crippen molar-refractivity contribution in [2.75, 3.05) is 37.6 Å². The zero-order valence-electron chi connectivity index (χ0n) is 17.2. The lowest BCUT2D eigenvalue weighted by molar-refractivity contribution is -0.127. The van der Waals surface area contributed by atoms with Crippen LogP contribution in [0.1, 0.15) is 54.0 Å². The average molecular weight is 396 g/mol. The van der Waals surface area contributed by atoms with Crippen LogP contribution < -0.4 is 10.2 Å². The molecule has 0 unspecified atom stereocenters. The third-order valence-electron chi connectivity index (χ3n) is 5.64. The summed E-state index contributed by atoms with van der Waals surface area (Å²) in [5.74, 6) is 0.891.